The quantitative estimate of drug-likeness (QED) is 0.775. The fraction of sp³-hybridized carbons (Fsp3) is 0.231. The smallest absolute Gasteiger partial charge is 0.353 e. The molecule has 0 aliphatic heterocycles. The standard InChI is InChI=1S/C13H14N2O4/c1-18-6-7-19-12-5-3-2-4-9(12)10-8-11(13(16)17)15-14-10/h2-5,8H,6-7H2,1H3,(H,14,15)(H,16,17). The molecule has 0 bridgehead atoms. The average Bonchev–Trinajstić information content (AvgIpc) is 2.89. The second-order valence-corrected chi connectivity index (χ2v) is 3.81. The Balaban J connectivity index is 2.25. The van der Waals surface area contributed by atoms with Crippen molar-refractivity contribution in [2.75, 3.05) is 20.3 Å². The minimum absolute atomic E-state index is 0.0432. The summed E-state index contributed by atoms with van der Waals surface area (Å²) < 4.78 is 10.5. The number of rotatable bonds is 6. The summed E-state index contributed by atoms with van der Waals surface area (Å²) in [4.78, 5) is 10.8. The Bertz CT molecular complexity index is 565. The number of para-hydroxylation sites is 1. The lowest BCUT2D eigenvalue weighted by Crippen LogP contribution is -2.05. The third-order valence-corrected chi connectivity index (χ3v) is 2.52. The fourth-order valence-electron chi connectivity index (χ4n) is 1.61. The van der Waals surface area contributed by atoms with Crippen molar-refractivity contribution in [3.8, 4) is 17.0 Å². The molecule has 0 saturated carbocycles. The van der Waals surface area contributed by atoms with E-state index in [1.807, 2.05) is 18.2 Å². The first-order valence-electron chi connectivity index (χ1n) is 5.72. The lowest BCUT2D eigenvalue weighted by molar-refractivity contribution is 0.0690. The monoisotopic (exact) mass is 262 g/mol. The molecule has 0 radical (unpaired) electrons. The Morgan fingerprint density at radius 1 is 1.37 bits per heavy atom. The molecule has 19 heavy (non-hydrogen) atoms. The van der Waals surface area contributed by atoms with Gasteiger partial charge in [-0.15, -0.1) is 0 Å². The number of benzene rings is 1. The summed E-state index contributed by atoms with van der Waals surface area (Å²) in [7, 11) is 1.60. The number of H-pyrrole nitrogens is 1. The summed E-state index contributed by atoms with van der Waals surface area (Å²) in [6.07, 6.45) is 0. The summed E-state index contributed by atoms with van der Waals surface area (Å²) in [5.41, 5.74) is 1.31. The predicted octanol–water partition coefficient (Wildman–Crippen LogP) is 1.80. The number of hydrogen-bond acceptors (Lipinski definition) is 4. The third kappa shape index (κ3) is 3.11. The molecule has 2 rings (SSSR count). The highest BCUT2D eigenvalue weighted by Crippen LogP contribution is 2.28. The topological polar surface area (TPSA) is 84.4 Å². The zero-order valence-electron chi connectivity index (χ0n) is 10.4. The van der Waals surface area contributed by atoms with Crippen LogP contribution in [0.3, 0.4) is 0 Å². The number of hydrogen-bond donors (Lipinski definition) is 2. The van der Waals surface area contributed by atoms with E-state index in [0.29, 0.717) is 24.7 Å². The van der Waals surface area contributed by atoms with Crippen molar-refractivity contribution < 1.29 is 19.4 Å². The van der Waals surface area contributed by atoms with E-state index in [1.165, 1.54) is 6.07 Å². The Labute approximate surface area is 110 Å². The largest absolute Gasteiger partial charge is 0.490 e. The van der Waals surface area contributed by atoms with Crippen molar-refractivity contribution in [1.82, 2.24) is 10.2 Å². The average molecular weight is 262 g/mol. The van der Waals surface area contributed by atoms with Gasteiger partial charge in [-0.1, -0.05) is 12.1 Å². The third-order valence-electron chi connectivity index (χ3n) is 2.52. The Morgan fingerprint density at radius 3 is 2.84 bits per heavy atom. The van der Waals surface area contributed by atoms with Gasteiger partial charge in [0.25, 0.3) is 0 Å². The SMILES string of the molecule is COCCOc1ccccc1-c1cc(C(=O)O)[nH]n1. The Kier molecular flexibility index (Phi) is 4.15. The molecular formula is C13H14N2O4. The number of ether oxygens (including phenoxy) is 2. The van der Waals surface area contributed by atoms with Gasteiger partial charge in [0.05, 0.1) is 12.3 Å². The molecule has 2 N–H and O–H groups in total. The first kappa shape index (κ1) is 13.1. The minimum atomic E-state index is -1.04. The van der Waals surface area contributed by atoms with Gasteiger partial charge in [-0.2, -0.15) is 5.10 Å². The van der Waals surface area contributed by atoms with E-state index in [4.69, 9.17) is 14.6 Å². The van der Waals surface area contributed by atoms with Crippen LogP contribution in [-0.2, 0) is 4.74 Å². The van der Waals surface area contributed by atoms with Crippen molar-refractivity contribution in [2.45, 2.75) is 0 Å². The van der Waals surface area contributed by atoms with Gasteiger partial charge in [0.15, 0.2) is 0 Å². The summed E-state index contributed by atoms with van der Waals surface area (Å²) in [6, 6.07) is 8.79. The van der Waals surface area contributed by atoms with E-state index in [0.717, 1.165) is 5.56 Å². The second kappa shape index (κ2) is 6.01. The molecule has 6 heteroatoms. The molecule has 6 nitrogen and oxygen atoms in total. The number of aromatic carboxylic acids is 1. The summed E-state index contributed by atoms with van der Waals surface area (Å²) in [6.45, 7) is 0.902. The summed E-state index contributed by atoms with van der Waals surface area (Å²) in [5.74, 6) is -0.403. The predicted molar refractivity (Wildman–Crippen MR) is 68.4 cm³/mol. The first-order valence-corrected chi connectivity index (χ1v) is 5.72. The van der Waals surface area contributed by atoms with E-state index >= 15 is 0 Å². The van der Waals surface area contributed by atoms with Crippen LogP contribution in [0.25, 0.3) is 11.3 Å². The van der Waals surface area contributed by atoms with E-state index in [9.17, 15) is 4.79 Å². The zero-order chi connectivity index (χ0) is 13.7. The number of nitrogens with zero attached hydrogens (tertiary/aromatic N) is 1. The van der Waals surface area contributed by atoms with Crippen molar-refractivity contribution in [2.24, 2.45) is 0 Å². The highest BCUT2D eigenvalue weighted by molar-refractivity contribution is 5.87. The Hall–Kier alpha value is -2.34. The van der Waals surface area contributed by atoms with Crippen LogP contribution in [0.5, 0.6) is 5.75 Å². The molecule has 0 amide bonds. The molecule has 0 unspecified atom stereocenters. The highest BCUT2D eigenvalue weighted by Gasteiger charge is 2.12. The van der Waals surface area contributed by atoms with Gasteiger partial charge in [0, 0.05) is 12.7 Å². The summed E-state index contributed by atoms with van der Waals surface area (Å²) in [5, 5.41) is 15.3. The number of methoxy groups -OCH3 is 1. The molecule has 0 saturated heterocycles. The minimum Gasteiger partial charge on any atom is -0.490 e. The zero-order valence-corrected chi connectivity index (χ0v) is 10.4. The van der Waals surface area contributed by atoms with Gasteiger partial charge < -0.3 is 14.6 Å². The highest BCUT2D eigenvalue weighted by atomic mass is 16.5. The van der Waals surface area contributed by atoms with Crippen LogP contribution in [0.15, 0.2) is 30.3 Å². The first-order chi connectivity index (χ1) is 9.22. The van der Waals surface area contributed by atoms with Crippen LogP contribution in [0, 0.1) is 0 Å². The number of carboxylic acid groups (broad SMARTS) is 1. The maximum Gasteiger partial charge on any atom is 0.353 e. The van der Waals surface area contributed by atoms with Crippen LogP contribution in [0.2, 0.25) is 0 Å². The molecule has 2 aromatic rings. The lowest BCUT2D eigenvalue weighted by Gasteiger charge is -2.09. The number of carbonyl (C=O) groups is 1. The number of nitrogens with one attached hydrogen (secondary N) is 1. The second-order valence-electron chi connectivity index (χ2n) is 3.81. The normalized spacial score (nSPS) is 10.4. The molecule has 0 fully saturated rings. The van der Waals surface area contributed by atoms with E-state index < -0.39 is 5.97 Å². The lowest BCUT2D eigenvalue weighted by atomic mass is 10.1. The number of aromatic nitrogens is 2. The van der Waals surface area contributed by atoms with Gasteiger partial charge >= 0.3 is 5.97 Å². The molecule has 0 atom stereocenters. The van der Waals surface area contributed by atoms with Gasteiger partial charge in [-0.05, 0) is 18.2 Å². The molecule has 1 aromatic carbocycles. The Morgan fingerprint density at radius 2 is 2.16 bits per heavy atom. The van der Waals surface area contributed by atoms with Gasteiger partial charge in [0.2, 0.25) is 0 Å². The van der Waals surface area contributed by atoms with Crippen molar-refractivity contribution >= 4 is 5.97 Å². The molecule has 100 valence electrons. The van der Waals surface area contributed by atoms with Crippen molar-refractivity contribution in [1.29, 1.82) is 0 Å². The number of carboxylic acids is 1. The number of aromatic amines is 1. The van der Waals surface area contributed by atoms with Crippen LogP contribution >= 0.6 is 0 Å². The molecule has 1 aromatic heterocycles. The van der Waals surface area contributed by atoms with Gasteiger partial charge in [0.1, 0.15) is 18.1 Å². The molecule has 0 aliphatic rings. The van der Waals surface area contributed by atoms with Gasteiger partial charge in [-0.3, -0.25) is 5.10 Å². The van der Waals surface area contributed by atoms with E-state index in [2.05, 4.69) is 10.2 Å². The molecule has 0 aliphatic carbocycles. The fourth-order valence-corrected chi connectivity index (χ4v) is 1.61. The maximum atomic E-state index is 10.8. The summed E-state index contributed by atoms with van der Waals surface area (Å²) >= 11 is 0. The van der Waals surface area contributed by atoms with Crippen molar-refractivity contribution in [3.63, 3.8) is 0 Å². The van der Waals surface area contributed by atoms with Gasteiger partial charge in [-0.25, -0.2) is 4.79 Å². The molecule has 1 heterocycles. The van der Waals surface area contributed by atoms with Crippen LogP contribution in [0.1, 0.15) is 10.5 Å². The van der Waals surface area contributed by atoms with E-state index in [1.54, 1.807) is 13.2 Å². The molecular weight excluding hydrogens is 248 g/mol. The van der Waals surface area contributed by atoms with Crippen LogP contribution < -0.4 is 4.74 Å². The maximum absolute atomic E-state index is 10.8. The van der Waals surface area contributed by atoms with E-state index in [-0.39, 0.29) is 5.69 Å². The molecule has 0 spiro atoms. The van der Waals surface area contributed by atoms with Crippen molar-refractivity contribution in [3.05, 3.63) is 36.0 Å². The van der Waals surface area contributed by atoms with Crippen LogP contribution in [-0.4, -0.2) is 41.6 Å². The van der Waals surface area contributed by atoms with Crippen LogP contribution in [0.4, 0.5) is 0 Å².